The van der Waals surface area contributed by atoms with Crippen molar-refractivity contribution in [1.29, 1.82) is 0 Å². The van der Waals surface area contributed by atoms with Crippen LogP contribution in [-0.4, -0.2) is 15.6 Å². The Morgan fingerprint density at radius 1 is 1.55 bits per heavy atom. The molecule has 1 rings (SSSR count). The van der Waals surface area contributed by atoms with Crippen molar-refractivity contribution in [2.24, 2.45) is 5.73 Å². The lowest BCUT2D eigenvalue weighted by Crippen LogP contribution is -2.46. The quantitative estimate of drug-likeness (QED) is 0.639. The van der Waals surface area contributed by atoms with Gasteiger partial charge in [-0.05, 0) is 19.1 Å². The second kappa shape index (κ2) is 2.39. The second-order valence-corrected chi connectivity index (χ2v) is 2.54. The van der Waals surface area contributed by atoms with Crippen LogP contribution in [0, 0.1) is 0 Å². The molecule has 0 spiro atoms. The fraction of sp³-hybridized carbons (Fsp3) is 0.286. The van der Waals surface area contributed by atoms with Gasteiger partial charge in [-0.25, -0.2) is 4.79 Å². The highest BCUT2D eigenvalue weighted by molar-refractivity contribution is 5.75. The Bertz CT molecular complexity index is 251. The average molecular weight is 154 g/mol. The van der Waals surface area contributed by atoms with Gasteiger partial charge in [-0.3, -0.25) is 5.73 Å². The van der Waals surface area contributed by atoms with Gasteiger partial charge in [0.15, 0.2) is 5.66 Å². The molecule has 0 fully saturated rings. The standard InChI is InChI=1S/C7H10N2O2/c1-7(8,6(10)11)9-4-2-3-5-9/h2-5H,8H2,1H3,(H,10,11). The van der Waals surface area contributed by atoms with Gasteiger partial charge in [-0.1, -0.05) is 0 Å². The lowest BCUT2D eigenvalue weighted by molar-refractivity contribution is -0.146. The van der Waals surface area contributed by atoms with Crippen LogP contribution in [0.2, 0.25) is 0 Å². The maximum atomic E-state index is 10.6. The molecular formula is C7H10N2O2. The summed E-state index contributed by atoms with van der Waals surface area (Å²) in [5.41, 5.74) is 4.14. The molecular weight excluding hydrogens is 144 g/mol. The highest BCUT2D eigenvalue weighted by atomic mass is 16.4. The first-order chi connectivity index (χ1) is 5.05. The fourth-order valence-corrected chi connectivity index (χ4v) is 0.755. The summed E-state index contributed by atoms with van der Waals surface area (Å²) in [6.45, 7) is 1.44. The van der Waals surface area contributed by atoms with Gasteiger partial charge in [0.05, 0.1) is 0 Å². The van der Waals surface area contributed by atoms with Crippen LogP contribution >= 0.6 is 0 Å². The zero-order valence-electron chi connectivity index (χ0n) is 6.19. The summed E-state index contributed by atoms with van der Waals surface area (Å²) in [5, 5.41) is 8.67. The molecule has 0 aliphatic rings. The van der Waals surface area contributed by atoms with Gasteiger partial charge in [0.25, 0.3) is 0 Å². The van der Waals surface area contributed by atoms with Crippen LogP contribution in [0.3, 0.4) is 0 Å². The van der Waals surface area contributed by atoms with Crippen LogP contribution in [0.25, 0.3) is 0 Å². The summed E-state index contributed by atoms with van der Waals surface area (Å²) in [4.78, 5) is 10.6. The Morgan fingerprint density at radius 2 is 2.00 bits per heavy atom. The Labute approximate surface area is 64.2 Å². The maximum Gasteiger partial charge on any atom is 0.344 e. The highest BCUT2D eigenvalue weighted by Crippen LogP contribution is 2.07. The van der Waals surface area contributed by atoms with Crippen LogP contribution in [0.5, 0.6) is 0 Å². The van der Waals surface area contributed by atoms with Crippen LogP contribution in [0.15, 0.2) is 24.5 Å². The van der Waals surface area contributed by atoms with E-state index in [1.807, 2.05) is 0 Å². The molecule has 60 valence electrons. The van der Waals surface area contributed by atoms with E-state index in [-0.39, 0.29) is 0 Å². The Kier molecular flexibility index (Phi) is 1.70. The van der Waals surface area contributed by atoms with Crippen LogP contribution in [-0.2, 0) is 10.5 Å². The molecule has 4 nitrogen and oxygen atoms in total. The molecule has 0 saturated carbocycles. The van der Waals surface area contributed by atoms with E-state index in [4.69, 9.17) is 10.8 Å². The number of hydrogen-bond acceptors (Lipinski definition) is 2. The Hall–Kier alpha value is -1.29. The molecule has 0 aromatic carbocycles. The molecule has 0 amide bonds. The minimum Gasteiger partial charge on any atom is -0.478 e. The first-order valence-electron chi connectivity index (χ1n) is 3.21. The third-order valence-corrected chi connectivity index (χ3v) is 1.57. The number of nitrogens with zero attached hydrogens (tertiary/aromatic N) is 1. The predicted octanol–water partition coefficient (Wildman–Crippen LogP) is 0.204. The van der Waals surface area contributed by atoms with Crippen molar-refractivity contribution in [1.82, 2.24) is 4.57 Å². The average Bonchev–Trinajstić information content (AvgIpc) is 2.37. The van der Waals surface area contributed by atoms with E-state index in [9.17, 15) is 4.79 Å². The van der Waals surface area contributed by atoms with Crippen molar-refractivity contribution >= 4 is 5.97 Å². The summed E-state index contributed by atoms with van der Waals surface area (Å²) in [5.74, 6) is -1.05. The molecule has 0 saturated heterocycles. The number of carboxylic acids is 1. The predicted molar refractivity (Wildman–Crippen MR) is 39.9 cm³/mol. The third-order valence-electron chi connectivity index (χ3n) is 1.57. The molecule has 0 radical (unpaired) electrons. The minimum atomic E-state index is -1.34. The van der Waals surface area contributed by atoms with E-state index in [0.29, 0.717) is 0 Å². The minimum absolute atomic E-state index is 1.05. The number of aliphatic carboxylic acids is 1. The van der Waals surface area contributed by atoms with E-state index >= 15 is 0 Å². The maximum absolute atomic E-state index is 10.6. The number of carbonyl (C=O) groups is 1. The third kappa shape index (κ3) is 1.25. The normalized spacial score (nSPS) is 15.8. The van der Waals surface area contributed by atoms with Crippen molar-refractivity contribution < 1.29 is 9.90 Å². The molecule has 4 heteroatoms. The van der Waals surface area contributed by atoms with Crippen molar-refractivity contribution in [3.05, 3.63) is 24.5 Å². The van der Waals surface area contributed by atoms with Gasteiger partial charge >= 0.3 is 5.97 Å². The summed E-state index contributed by atoms with van der Waals surface area (Å²) in [6, 6.07) is 3.46. The lowest BCUT2D eigenvalue weighted by atomic mass is 10.2. The summed E-state index contributed by atoms with van der Waals surface area (Å²) < 4.78 is 1.44. The topological polar surface area (TPSA) is 68.2 Å². The van der Waals surface area contributed by atoms with Gasteiger partial charge < -0.3 is 9.67 Å². The van der Waals surface area contributed by atoms with Crippen molar-refractivity contribution in [2.75, 3.05) is 0 Å². The monoisotopic (exact) mass is 154 g/mol. The zero-order valence-corrected chi connectivity index (χ0v) is 6.19. The largest absolute Gasteiger partial charge is 0.478 e. The molecule has 3 N–H and O–H groups in total. The van der Waals surface area contributed by atoms with Gasteiger partial charge in [-0.2, -0.15) is 0 Å². The molecule has 1 aromatic heterocycles. The SMILES string of the molecule is CC(N)(C(=O)O)n1cccc1. The fourth-order valence-electron chi connectivity index (χ4n) is 0.755. The van der Waals surface area contributed by atoms with Crippen molar-refractivity contribution in [3.63, 3.8) is 0 Å². The molecule has 1 aromatic rings. The first kappa shape index (κ1) is 7.81. The van der Waals surface area contributed by atoms with Crippen LogP contribution in [0.1, 0.15) is 6.92 Å². The van der Waals surface area contributed by atoms with Gasteiger partial charge in [0.1, 0.15) is 0 Å². The molecule has 1 heterocycles. The highest BCUT2D eigenvalue weighted by Gasteiger charge is 2.28. The summed E-state index contributed by atoms with van der Waals surface area (Å²) >= 11 is 0. The van der Waals surface area contributed by atoms with Gasteiger partial charge in [0.2, 0.25) is 0 Å². The molecule has 1 atom stereocenters. The van der Waals surface area contributed by atoms with Gasteiger partial charge in [0, 0.05) is 12.4 Å². The van der Waals surface area contributed by atoms with Crippen molar-refractivity contribution in [2.45, 2.75) is 12.6 Å². The Morgan fingerprint density at radius 3 is 2.36 bits per heavy atom. The molecule has 0 bridgehead atoms. The molecule has 0 aliphatic heterocycles. The number of carboxylic acid groups (broad SMARTS) is 1. The molecule has 11 heavy (non-hydrogen) atoms. The van der Waals surface area contributed by atoms with Crippen LogP contribution < -0.4 is 5.73 Å². The van der Waals surface area contributed by atoms with E-state index in [2.05, 4.69) is 0 Å². The smallest absolute Gasteiger partial charge is 0.344 e. The van der Waals surface area contributed by atoms with E-state index in [1.54, 1.807) is 24.5 Å². The van der Waals surface area contributed by atoms with Gasteiger partial charge in [-0.15, -0.1) is 0 Å². The summed E-state index contributed by atoms with van der Waals surface area (Å²) in [6.07, 6.45) is 3.24. The summed E-state index contributed by atoms with van der Waals surface area (Å²) in [7, 11) is 0. The van der Waals surface area contributed by atoms with Crippen molar-refractivity contribution in [3.8, 4) is 0 Å². The van der Waals surface area contributed by atoms with Crippen LogP contribution in [0.4, 0.5) is 0 Å². The molecule has 0 aliphatic carbocycles. The number of nitrogens with two attached hydrogens (primary N) is 1. The zero-order chi connectivity index (χ0) is 8.48. The molecule has 1 unspecified atom stereocenters. The van der Waals surface area contributed by atoms with E-state index in [0.717, 1.165) is 0 Å². The first-order valence-corrected chi connectivity index (χ1v) is 3.21. The second-order valence-electron chi connectivity index (χ2n) is 2.54. The number of hydrogen-bond donors (Lipinski definition) is 2. The lowest BCUT2D eigenvalue weighted by Gasteiger charge is -2.20. The number of rotatable bonds is 2. The van der Waals surface area contributed by atoms with E-state index in [1.165, 1.54) is 11.5 Å². The number of aromatic nitrogens is 1. The Balaban J connectivity index is 3.00. The van der Waals surface area contributed by atoms with E-state index < -0.39 is 11.6 Å².